The number of nitrogens with one attached hydrogen (secondary N) is 1. The van der Waals surface area contributed by atoms with Gasteiger partial charge in [0, 0.05) is 30.1 Å². The lowest BCUT2D eigenvalue weighted by molar-refractivity contribution is -0.126. The van der Waals surface area contributed by atoms with Crippen molar-refractivity contribution in [2.24, 2.45) is 5.41 Å². The molecular formula is C18H23F3N4S. The molecule has 1 saturated heterocycles. The standard InChI is InChI=1S/C18H23F3N4S/c1-11(2)24-12-6-17(7-12)3-4-25(9-17)15-14-5-13(8-18(19,20)21)26-16(14)23-10-22-15/h5,10-12,24H,3-4,6-9H2,1-2H3. The molecule has 2 fully saturated rings. The predicted molar refractivity (Wildman–Crippen MR) is 97.7 cm³/mol. The lowest BCUT2D eigenvalue weighted by Crippen LogP contribution is -2.52. The van der Waals surface area contributed by atoms with Crippen LogP contribution in [0.25, 0.3) is 10.2 Å². The second-order valence-electron chi connectivity index (χ2n) is 8.02. The zero-order chi connectivity index (χ0) is 18.5. The number of nitrogens with zero attached hydrogens (tertiary/aromatic N) is 3. The van der Waals surface area contributed by atoms with Gasteiger partial charge in [-0.15, -0.1) is 11.3 Å². The maximum atomic E-state index is 12.7. The Hall–Kier alpha value is -1.41. The van der Waals surface area contributed by atoms with Crippen LogP contribution in [0.1, 0.15) is 38.0 Å². The molecule has 8 heteroatoms. The highest BCUT2D eigenvalue weighted by molar-refractivity contribution is 7.18. The monoisotopic (exact) mass is 384 g/mol. The first-order valence-corrected chi connectivity index (χ1v) is 9.86. The maximum absolute atomic E-state index is 12.7. The predicted octanol–water partition coefficient (Wildman–Crippen LogP) is 4.15. The largest absolute Gasteiger partial charge is 0.393 e. The van der Waals surface area contributed by atoms with Crippen LogP contribution in [0.5, 0.6) is 0 Å². The highest BCUT2D eigenvalue weighted by atomic mass is 32.1. The molecule has 3 heterocycles. The zero-order valence-corrected chi connectivity index (χ0v) is 15.8. The number of anilines is 1. The normalized spacial score (nSPS) is 26.2. The fraction of sp³-hybridized carbons (Fsp3) is 0.667. The molecule has 0 radical (unpaired) electrons. The van der Waals surface area contributed by atoms with Crippen molar-refractivity contribution in [3.05, 3.63) is 17.3 Å². The van der Waals surface area contributed by atoms with Gasteiger partial charge in [-0.2, -0.15) is 13.2 Å². The first-order chi connectivity index (χ1) is 12.2. The number of hydrogen-bond donors (Lipinski definition) is 1. The third-order valence-corrected chi connectivity index (χ3v) is 6.44. The van der Waals surface area contributed by atoms with E-state index in [2.05, 4.69) is 34.0 Å². The Morgan fingerprint density at radius 1 is 1.35 bits per heavy atom. The number of rotatable bonds is 4. The molecule has 26 heavy (non-hydrogen) atoms. The molecule has 2 aromatic rings. The Labute approximate surface area is 154 Å². The van der Waals surface area contributed by atoms with Crippen LogP contribution in [0, 0.1) is 5.41 Å². The van der Waals surface area contributed by atoms with Gasteiger partial charge in [-0.25, -0.2) is 9.97 Å². The van der Waals surface area contributed by atoms with Gasteiger partial charge in [-0.05, 0) is 30.7 Å². The molecule has 0 atom stereocenters. The molecule has 0 unspecified atom stereocenters. The van der Waals surface area contributed by atoms with Gasteiger partial charge >= 0.3 is 6.18 Å². The number of thiophene rings is 1. The van der Waals surface area contributed by atoms with E-state index in [9.17, 15) is 13.2 Å². The van der Waals surface area contributed by atoms with Crippen LogP contribution in [-0.4, -0.2) is 41.3 Å². The SMILES string of the molecule is CC(C)NC1CC2(CCN(c3ncnc4sc(CC(F)(F)F)cc34)C2)C1. The average Bonchev–Trinajstić information content (AvgIpc) is 3.07. The topological polar surface area (TPSA) is 41.0 Å². The van der Waals surface area contributed by atoms with Crippen LogP contribution in [0.2, 0.25) is 0 Å². The Balaban J connectivity index is 1.51. The quantitative estimate of drug-likeness (QED) is 0.860. The summed E-state index contributed by atoms with van der Waals surface area (Å²) < 4.78 is 38.1. The summed E-state index contributed by atoms with van der Waals surface area (Å²) in [6.45, 7) is 6.17. The van der Waals surface area contributed by atoms with Gasteiger partial charge < -0.3 is 10.2 Å². The minimum Gasteiger partial charge on any atom is -0.355 e. The summed E-state index contributed by atoms with van der Waals surface area (Å²) in [7, 11) is 0. The zero-order valence-electron chi connectivity index (χ0n) is 14.9. The molecule has 1 aliphatic carbocycles. The van der Waals surface area contributed by atoms with E-state index in [1.165, 1.54) is 19.2 Å². The highest BCUT2D eigenvalue weighted by Gasteiger charge is 2.48. The van der Waals surface area contributed by atoms with Crippen molar-refractivity contribution >= 4 is 27.4 Å². The van der Waals surface area contributed by atoms with Crippen LogP contribution in [0.15, 0.2) is 12.4 Å². The van der Waals surface area contributed by atoms with E-state index < -0.39 is 12.6 Å². The molecule has 0 amide bonds. The molecule has 0 aromatic carbocycles. The molecule has 2 aromatic heterocycles. The average molecular weight is 384 g/mol. The van der Waals surface area contributed by atoms with Gasteiger partial charge in [-0.1, -0.05) is 13.8 Å². The summed E-state index contributed by atoms with van der Waals surface area (Å²) in [5, 5.41) is 4.35. The van der Waals surface area contributed by atoms with Crippen molar-refractivity contribution in [2.75, 3.05) is 18.0 Å². The van der Waals surface area contributed by atoms with Gasteiger partial charge in [0.25, 0.3) is 0 Å². The fourth-order valence-corrected chi connectivity index (χ4v) is 5.47. The second-order valence-corrected chi connectivity index (χ2v) is 9.13. The number of halogens is 3. The van der Waals surface area contributed by atoms with E-state index >= 15 is 0 Å². The maximum Gasteiger partial charge on any atom is 0.393 e. The van der Waals surface area contributed by atoms with Crippen LogP contribution >= 0.6 is 11.3 Å². The molecular weight excluding hydrogens is 361 g/mol. The van der Waals surface area contributed by atoms with E-state index in [0.29, 0.717) is 27.2 Å². The first kappa shape index (κ1) is 18.0. The van der Waals surface area contributed by atoms with E-state index in [1.54, 1.807) is 6.07 Å². The smallest absolute Gasteiger partial charge is 0.355 e. The van der Waals surface area contributed by atoms with Crippen molar-refractivity contribution < 1.29 is 13.2 Å². The Morgan fingerprint density at radius 2 is 2.12 bits per heavy atom. The van der Waals surface area contributed by atoms with Crippen LogP contribution < -0.4 is 10.2 Å². The summed E-state index contributed by atoms with van der Waals surface area (Å²) in [6.07, 6.45) is -0.178. The number of hydrogen-bond acceptors (Lipinski definition) is 5. The molecule has 142 valence electrons. The van der Waals surface area contributed by atoms with Gasteiger partial charge in [0.1, 0.15) is 17.0 Å². The molecule has 1 aliphatic heterocycles. The molecule has 4 rings (SSSR count). The van der Waals surface area contributed by atoms with Crippen LogP contribution in [0.4, 0.5) is 19.0 Å². The van der Waals surface area contributed by atoms with Gasteiger partial charge in [0.2, 0.25) is 0 Å². The molecule has 4 nitrogen and oxygen atoms in total. The number of fused-ring (bicyclic) bond motifs is 1. The highest BCUT2D eigenvalue weighted by Crippen LogP contribution is 2.49. The Morgan fingerprint density at radius 3 is 2.81 bits per heavy atom. The summed E-state index contributed by atoms with van der Waals surface area (Å²) in [5.41, 5.74) is 0.328. The Kier molecular flexibility index (Phi) is 4.38. The minimum absolute atomic E-state index is 0.299. The van der Waals surface area contributed by atoms with Crippen molar-refractivity contribution in [1.82, 2.24) is 15.3 Å². The number of alkyl halides is 3. The van der Waals surface area contributed by atoms with E-state index in [-0.39, 0.29) is 0 Å². The molecule has 1 spiro atoms. The summed E-state index contributed by atoms with van der Waals surface area (Å²) in [5.74, 6) is 0.789. The second kappa shape index (κ2) is 6.34. The summed E-state index contributed by atoms with van der Waals surface area (Å²) in [4.78, 5) is 11.8. The lowest BCUT2D eigenvalue weighted by Gasteiger charge is -2.46. The summed E-state index contributed by atoms with van der Waals surface area (Å²) in [6, 6.07) is 2.70. The fourth-order valence-electron chi connectivity index (χ4n) is 4.45. The van der Waals surface area contributed by atoms with Crippen molar-refractivity contribution in [3.63, 3.8) is 0 Å². The molecule has 0 bridgehead atoms. The molecule has 2 aliphatic rings. The first-order valence-electron chi connectivity index (χ1n) is 9.04. The molecule has 1 N–H and O–H groups in total. The third-order valence-electron chi connectivity index (χ3n) is 5.40. The van der Waals surface area contributed by atoms with Gasteiger partial charge in [-0.3, -0.25) is 0 Å². The van der Waals surface area contributed by atoms with Crippen LogP contribution in [0.3, 0.4) is 0 Å². The number of aromatic nitrogens is 2. The van der Waals surface area contributed by atoms with E-state index in [1.807, 2.05) is 0 Å². The van der Waals surface area contributed by atoms with Crippen LogP contribution in [-0.2, 0) is 6.42 Å². The van der Waals surface area contributed by atoms with Gasteiger partial charge in [0.15, 0.2) is 0 Å². The van der Waals surface area contributed by atoms with Gasteiger partial charge in [0.05, 0.1) is 11.8 Å². The third kappa shape index (κ3) is 3.53. The van der Waals surface area contributed by atoms with Crippen molar-refractivity contribution in [3.8, 4) is 0 Å². The van der Waals surface area contributed by atoms with E-state index in [0.717, 1.165) is 42.1 Å². The van der Waals surface area contributed by atoms with Crippen molar-refractivity contribution in [1.29, 1.82) is 0 Å². The lowest BCUT2D eigenvalue weighted by atomic mass is 9.65. The van der Waals surface area contributed by atoms with E-state index in [4.69, 9.17) is 0 Å². The van der Waals surface area contributed by atoms with Crippen molar-refractivity contribution in [2.45, 2.75) is 57.8 Å². The Bertz CT molecular complexity index is 795. The minimum atomic E-state index is -4.20. The summed E-state index contributed by atoms with van der Waals surface area (Å²) >= 11 is 1.12. The molecule has 1 saturated carbocycles.